The Morgan fingerprint density at radius 3 is 2.31 bits per heavy atom. The first-order chi connectivity index (χ1) is 16.5. The van der Waals surface area contributed by atoms with Crippen LogP contribution in [-0.2, 0) is 26.0 Å². The summed E-state index contributed by atoms with van der Waals surface area (Å²) in [5.41, 5.74) is 1.15. The molecule has 2 amide bonds. The van der Waals surface area contributed by atoms with Gasteiger partial charge in [-0.05, 0) is 50.5 Å². The average Bonchev–Trinajstić information content (AvgIpc) is 2.79. The summed E-state index contributed by atoms with van der Waals surface area (Å²) in [6.45, 7) is 5.25. The fourth-order valence-electron chi connectivity index (χ4n) is 3.73. The fourth-order valence-corrected chi connectivity index (χ4v) is 4.74. The molecule has 1 atom stereocenters. The smallest absolute Gasteiger partial charge is 0.244 e. The van der Waals surface area contributed by atoms with Crippen LogP contribution in [0.15, 0.2) is 48.5 Å². The first-order valence-electron chi connectivity index (χ1n) is 11.4. The summed E-state index contributed by atoms with van der Waals surface area (Å²) < 4.78 is 31.8. The van der Waals surface area contributed by atoms with E-state index in [2.05, 4.69) is 5.32 Å². The Hall–Kier alpha value is -2.78. The van der Waals surface area contributed by atoms with Gasteiger partial charge in [0.2, 0.25) is 21.8 Å². The molecule has 0 bridgehead atoms. The Kier molecular flexibility index (Phi) is 10.4. The first kappa shape index (κ1) is 28.5. The lowest BCUT2D eigenvalue weighted by Gasteiger charge is -2.33. The molecule has 0 aliphatic carbocycles. The second-order valence-electron chi connectivity index (χ2n) is 8.50. The number of amides is 2. The van der Waals surface area contributed by atoms with Crippen LogP contribution in [0.4, 0.5) is 5.69 Å². The highest BCUT2D eigenvalue weighted by atomic mass is 35.5. The minimum Gasteiger partial charge on any atom is -0.495 e. The van der Waals surface area contributed by atoms with Crippen LogP contribution in [-0.4, -0.2) is 63.7 Å². The molecule has 0 radical (unpaired) electrons. The molecule has 0 aliphatic rings. The SMILES string of the molecule is CC[C@H](C(=O)NC(C)C)N(CCc1ccccc1)C(=O)CN(c1cc(Cl)ccc1OC)S(C)(=O)=O. The molecule has 0 saturated heterocycles. The van der Waals surface area contributed by atoms with Crippen molar-refractivity contribution < 1.29 is 22.7 Å². The summed E-state index contributed by atoms with van der Waals surface area (Å²) in [7, 11) is -2.48. The number of nitrogens with zero attached hydrogens (tertiary/aromatic N) is 2. The zero-order valence-electron chi connectivity index (χ0n) is 20.8. The normalized spacial score (nSPS) is 12.2. The Morgan fingerprint density at radius 2 is 1.77 bits per heavy atom. The molecule has 8 nitrogen and oxygen atoms in total. The van der Waals surface area contributed by atoms with E-state index in [9.17, 15) is 18.0 Å². The molecule has 192 valence electrons. The van der Waals surface area contributed by atoms with Crippen molar-refractivity contribution >= 4 is 39.1 Å². The lowest BCUT2D eigenvalue weighted by atomic mass is 10.1. The number of ether oxygens (including phenoxy) is 1. The predicted octanol–water partition coefficient (Wildman–Crippen LogP) is 3.49. The lowest BCUT2D eigenvalue weighted by Crippen LogP contribution is -2.54. The van der Waals surface area contributed by atoms with Gasteiger partial charge in [0.25, 0.3) is 0 Å². The van der Waals surface area contributed by atoms with Gasteiger partial charge in [-0.15, -0.1) is 0 Å². The molecule has 0 heterocycles. The van der Waals surface area contributed by atoms with Crippen molar-refractivity contribution in [3.8, 4) is 5.75 Å². The summed E-state index contributed by atoms with van der Waals surface area (Å²) in [4.78, 5) is 28.1. The summed E-state index contributed by atoms with van der Waals surface area (Å²) >= 11 is 6.12. The highest BCUT2D eigenvalue weighted by Gasteiger charge is 2.32. The molecule has 1 N–H and O–H groups in total. The number of hydrogen-bond acceptors (Lipinski definition) is 5. The van der Waals surface area contributed by atoms with Crippen LogP contribution in [0.3, 0.4) is 0 Å². The molecule has 2 aromatic carbocycles. The zero-order valence-corrected chi connectivity index (χ0v) is 22.4. The van der Waals surface area contributed by atoms with E-state index in [0.29, 0.717) is 17.9 Å². The molecule has 0 aliphatic heterocycles. The molecule has 0 fully saturated rings. The number of benzene rings is 2. The van der Waals surface area contributed by atoms with Crippen molar-refractivity contribution in [1.82, 2.24) is 10.2 Å². The fraction of sp³-hybridized carbons (Fsp3) is 0.440. The Labute approximate surface area is 213 Å². The number of methoxy groups -OCH3 is 1. The maximum Gasteiger partial charge on any atom is 0.244 e. The van der Waals surface area contributed by atoms with E-state index < -0.39 is 28.5 Å². The van der Waals surface area contributed by atoms with Gasteiger partial charge in [0.05, 0.1) is 19.1 Å². The maximum absolute atomic E-state index is 13.6. The van der Waals surface area contributed by atoms with Gasteiger partial charge in [-0.3, -0.25) is 13.9 Å². The number of sulfonamides is 1. The van der Waals surface area contributed by atoms with E-state index in [1.54, 1.807) is 12.1 Å². The number of hydrogen-bond donors (Lipinski definition) is 1. The van der Waals surface area contributed by atoms with Gasteiger partial charge in [0.15, 0.2) is 0 Å². The molecule has 0 aromatic heterocycles. The third kappa shape index (κ3) is 8.14. The van der Waals surface area contributed by atoms with E-state index in [0.717, 1.165) is 16.1 Å². The number of nitrogens with one attached hydrogen (secondary N) is 1. The second-order valence-corrected chi connectivity index (χ2v) is 10.8. The van der Waals surface area contributed by atoms with Crippen LogP contribution in [0.1, 0.15) is 32.8 Å². The van der Waals surface area contributed by atoms with Gasteiger partial charge < -0.3 is 15.0 Å². The van der Waals surface area contributed by atoms with Crippen LogP contribution >= 0.6 is 11.6 Å². The number of anilines is 1. The first-order valence-corrected chi connectivity index (χ1v) is 13.7. The van der Waals surface area contributed by atoms with Crippen LogP contribution in [0, 0.1) is 0 Å². The molecule has 2 rings (SSSR count). The highest BCUT2D eigenvalue weighted by Crippen LogP contribution is 2.33. The van der Waals surface area contributed by atoms with Gasteiger partial charge in [0.1, 0.15) is 18.3 Å². The van der Waals surface area contributed by atoms with Crippen molar-refractivity contribution in [3.05, 3.63) is 59.1 Å². The van der Waals surface area contributed by atoms with E-state index in [-0.39, 0.29) is 29.9 Å². The van der Waals surface area contributed by atoms with Gasteiger partial charge in [-0.25, -0.2) is 8.42 Å². The highest BCUT2D eigenvalue weighted by molar-refractivity contribution is 7.92. The standard InChI is InChI=1S/C25H34ClN3O5S/c1-6-21(25(31)27-18(2)3)28(15-14-19-10-8-7-9-11-19)24(30)17-29(35(5,32)33)22-16-20(26)12-13-23(22)34-4/h7-13,16,18,21H,6,14-15,17H2,1-5H3,(H,27,31)/t21-/m1/s1. The van der Waals surface area contributed by atoms with Crippen LogP contribution in [0.25, 0.3) is 0 Å². The summed E-state index contributed by atoms with van der Waals surface area (Å²) in [6, 6.07) is 13.3. The average molecular weight is 524 g/mol. The molecule has 2 aromatic rings. The monoisotopic (exact) mass is 523 g/mol. The molecule has 0 unspecified atom stereocenters. The number of carbonyl (C=O) groups is 2. The summed E-state index contributed by atoms with van der Waals surface area (Å²) in [5.74, 6) is -0.526. The van der Waals surface area contributed by atoms with Crippen molar-refractivity contribution in [3.63, 3.8) is 0 Å². The van der Waals surface area contributed by atoms with E-state index in [1.165, 1.54) is 18.1 Å². The number of rotatable bonds is 12. The predicted molar refractivity (Wildman–Crippen MR) is 139 cm³/mol. The minimum absolute atomic E-state index is 0.106. The Balaban J connectivity index is 2.43. The van der Waals surface area contributed by atoms with Crippen molar-refractivity contribution in [2.45, 2.75) is 45.7 Å². The Morgan fingerprint density at radius 1 is 1.11 bits per heavy atom. The molecule has 0 saturated carbocycles. The molecule has 10 heteroatoms. The molecule has 35 heavy (non-hydrogen) atoms. The van der Waals surface area contributed by atoms with Gasteiger partial charge >= 0.3 is 0 Å². The van der Waals surface area contributed by atoms with Crippen LogP contribution in [0.5, 0.6) is 5.75 Å². The van der Waals surface area contributed by atoms with Gasteiger partial charge in [0, 0.05) is 17.6 Å². The van der Waals surface area contributed by atoms with Crippen molar-refractivity contribution in [2.24, 2.45) is 0 Å². The molecular weight excluding hydrogens is 490 g/mol. The van der Waals surface area contributed by atoms with Crippen molar-refractivity contribution in [2.75, 3.05) is 30.8 Å². The van der Waals surface area contributed by atoms with Crippen molar-refractivity contribution in [1.29, 1.82) is 0 Å². The largest absolute Gasteiger partial charge is 0.495 e. The van der Waals surface area contributed by atoms with Gasteiger partial charge in [-0.2, -0.15) is 0 Å². The maximum atomic E-state index is 13.6. The summed E-state index contributed by atoms with van der Waals surface area (Å²) in [5, 5.41) is 3.16. The number of halogens is 1. The van der Waals surface area contributed by atoms with E-state index in [4.69, 9.17) is 16.3 Å². The summed E-state index contributed by atoms with van der Waals surface area (Å²) in [6.07, 6.45) is 1.90. The van der Waals surface area contributed by atoms with E-state index >= 15 is 0 Å². The second kappa shape index (κ2) is 12.8. The number of carbonyl (C=O) groups excluding carboxylic acids is 2. The minimum atomic E-state index is -3.89. The van der Waals surface area contributed by atoms with Crippen LogP contribution in [0.2, 0.25) is 5.02 Å². The topological polar surface area (TPSA) is 96.0 Å². The van der Waals surface area contributed by atoms with Crippen LogP contribution < -0.4 is 14.4 Å². The molecule has 0 spiro atoms. The quantitative estimate of drug-likeness (QED) is 0.459. The third-order valence-corrected chi connectivity index (χ3v) is 6.75. The lowest BCUT2D eigenvalue weighted by molar-refractivity contribution is -0.139. The third-order valence-electron chi connectivity index (χ3n) is 5.39. The Bertz CT molecular complexity index is 1110. The van der Waals surface area contributed by atoms with Gasteiger partial charge in [-0.1, -0.05) is 48.9 Å². The zero-order chi connectivity index (χ0) is 26.2. The van der Waals surface area contributed by atoms with E-state index in [1.807, 2.05) is 51.1 Å². The molecular formula is C25H34ClN3O5S.